The van der Waals surface area contributed by atoms with Crippen LogP contribution < -0.4 is 0 Å². The Labute approximate surface area is 186 Å². The highest BCUT2D eigenvalue weighted by Gasteiger charge is 2.31. The maximum atomic E-state index is 13.1. The number of thioether (sulfide) groups is 1. The summed E-state index contributed by atoms with van der Waals surface area (Å²) >= 11 is 3.17. The molecule has 0 unspecified atom stereocenters. The number of carbonyl (C=O) groups is 2. The Hall–Kier alpha value is -2.06. The first-order valence-corrected chi connectivity index (χ1v) is 12.1. The summed E-state index contributed by atoms with van der Waals surface area (Å²) in [5.74, 6) is 0.513. The lowest BCUT2D eigenvalue weighted by atomic mass is 10.0. The van der Waals surface area contributed by atoms with Crippen molar-refractivity contribution in [2.75, 3.05) is 18.8 Å². The maximum Gasteiger partial charge on any atom is 0.410 e. The van der Waals surface area contributed by atoms with Crippen LogP contribution in [0.4, 0.5) is 4.79 Å². The molecule has 3 rings (SSSR count). The van der Waals surface area contributed by atoms with E-state index >= 15 is 0 Å². The molecule has 8 heteroatoms. The van der Waals surface area contributed by atoms with Crippen molar-refractivity contribution in [3.05, 3.63) is 46.9 Å². The van der Waals surface area contributed by atoms with Gasteiger partial charge >= 0.3 is 6.09 Å². The lowest BCUT2D eigenvalue weighted by Gasteiger charge is -2.39. The van der Waals surface area contributed by atoms with E-state index in [0.717, 1.165) is 23.3 Å². The van der Waals surface area contributed by atoms with Crippen LogP contribution in [0.25, 0.3) is 0 Å². The minimum absolute atomic E-state index is 0.120. The quantitative estimate of drug-likeness (QED) is 0.603. The Kier molecular flexibility index (Phi) is 7.77. The number of aromatic nitrogens is 1. The van der Waals surface area contributed by atoms with E-state index in [2.05, 4.69) is 16.4 Å². The number of hydrogen-bond acceptors (Lipinski definition) is 6. The van der Waals surface area contributed by atoms with Crippen molar-refractivity contribution in [3.63, 3.8) is 0 Å². The van der Waals surface area contributed by atoms with Gasteiger partial charge in [-0.25, -0.2) is 4.79 Å². The Balaban J connectivity index is 1.61. The third kappa shape index (κ3) is 6.74. The zero-order valence-corrected chi connectivity index (χ0v) is 19.4. The number of amides is 2. The van der Waals surface area contributed by atoms with Gasteiger partial charge in [-0.15, -0.1) is 11.8 Å². The van der Waals surface area contributed by atoms with Crippen LogP contribution in [0.1, 0.15) is 39.2 Å². The molecular formula is C22H29N3O3S2. The number of piperidine rings is 1. The summed E-state index contributed by atoms with van der Waals surface area (Å²) in [4.78, 5) is 34.3. The Morgan fingerprint density at radius 3 is 2.53 bits per heavy atom. The summed E-state index contributed by atoms with van der Waals surface area (Å²) in [5, 5.41) is 4.13. The van der Waals surface area contributed by atoms with E-state index in [1.165, 1.54) is 11.8 Å². The molecule has 162 valence electrons. The monoisotopic (exact) mass is 447 g/mol. The van der Waals surface area contributed by atoms with Gasteiger partial charge < -0.3 is 14.5 Å². The van der Waals surface area contributed by atoms with Crippen LogP contribution in [0.3, 0.4) is 0 Å². The second kappa shape index (κ2) is 10.3. The summed E-state index contributed by atoms with van der Waals surface area (Å²) in [5.41, 5.74) is 0.649. The number of hydrogen-bond donors (Lipinski definition) is 0. The van der Waals surface area contributed by atoms with Gasteiger partial charge in [-0.2, -0.15) is 11.3 Å². The first kappa shape index (κ1) is 22.6. The Bertz CT molecular complexity index is 814. The molecule has 3 heterocycles. The van der Waals surface area contributed by atoms with Crippen LogP contribution in [0.5, 0.6) is 0 Å². The van der Waals surface area contributed by atoms with E-state index in [0.29, 0.717) is 25.4 Å². The summed E-state index contributed by atoms with van der Waals surface area (Å²) in [6, 6.07) is 6.02. The second-order valence-corrected chi connectivity index (χ2v) is 10.2. The van der Waals surface area contributed by atoms with Gasteiger partial charge in [0.05, 0.1) is 5.75 Å². The lowest BCUT2D eigenvalue weighted by molar-refractivity contribution is -0.132. The van der Waals surface area contributed by atoms with Crippen molar-refractivity contribution >= 4 is 35.1 Å². The van der Waals surface area contributed by atoms with Crippen molar-refractivity contribution < 1.29 is 14.3 Å². The third-order valence-electron chi connectivity index (χ3n) is 4.82. The maximum absolute atomic E-state index is 13.1. The number of pyridine rings is 1. The first-order valence-electron chi connectivity index (χ1n) is 10.1. The largest absolute Gasteiger partial charge is 0.444 e. The van der Waals surface area contributed by atoms with Gasteiger partial charge in [-0.3, -0.25) is 9.78 Å². The molecule has 1 aliphatic heterocycles. The van der Waals surface area contributed by atoms with Gasteiger partial charge in [0.2, 0.25) is 5.91 Å². The molecule has 0 spiro atoms. The lowest BCUT2D eigenvalue weighted by Crippen LogP contribution is -2.49. The summed E-state index contributed by atoms with van der Waals surface area (Å²) < 4.78 is 5.49. The van der Waals surface area contributed by atoms with Crippen molar-refractivity contribution in [1.82, 2.24) is 14.8 Å². The zero-order chi connectivity index (χ0) is 21.6. The van der Waals surface area contributed by atoms with Crippen molar-refractivity contribution in [2.45, 2.75) is 56.7 Å². The molecule has 0 atom stereocenters. The molecule has 1 fully saturated rings. The predicted molar refractivity (Wildman–Crippen MR) is 121 cm³/mol. The van der Waals surface area contributed by atoms with E-state index < -0.39 is 5.60 Å². The smallest absolute Gasteiger partial charge is 0.410 e. The molecule has 2 aromatic heterocycles. The SMILES string of the molecule is CC(C)(C)OC(=O)N1CCC(N(Cc2ccsc2)C(=O)CSc2ccncc2)CC1. The number of likely N-dealkylation sites (tertiary alicyclic amines) is 1. The molecule has 6 nitrogen and oxygen atoms in total. The molecule has 2 amide bonds. The molecule has 2 aromatic rings. The molecule has 0 radical (unpaired) electrons. The molecule has 0 saturated carbocycles. The fraction of sp³-hybridized carbons (Fsp3) is 0.500. The normalized spacial score (nSPS) is 15.1. The highest BCUT2D eigenvalue weighted by atomic mass is 32.2. The number of carbonyl (C=O) groups excluding carboxylic acids is 2. The van der Waals surface area contributed by atoms with E-state index in [1.54, 1.807) is 28.6 Å². The summed E-state index contributed by atoms with van der Waals surface area (Å²) in [7, 11) is 0. The number of rotatable bonds is 6. The molecule has 0 aliphatic carbocycles. The average Bonchev–Trinajstić information content (AvgIpc) is 3.23. The first-order chi connectivity index (χ1) is 14.3. The minimum atomic E-state index is -0.501. The van der Waals surface area contributed by atoms with Crippen molar-refractivity contribution in [1.29, 1.82) is 0 Å². The van der Waals surface area contributed by atoms with E-state index in [1.807, 2.05) is 43.2 Å². The molecule has 0 bridgehead atoms. The van der Waals surface area contributed by atoms with Gasteiger partial charge in [0.1, 0.15) is 5.60 Å². The summed E-state index contributed by atoms with van der Waals surface area (Å²) in [6.07, 6.45) is 4.72. The van der Waals surface area contributed by atoms with Gasteiger partial charge in [0, 0.05) is 43.0 Å². The number of ether oxygens (including phenoxy) is 1. The van der Waals surface area contributed by atoms with Gasteiger partial charge in [-0.1, -0.05) is 0 Å². The fourth-order valence-electron chi connectivity index (χ4n) is 3.35. The van der Waals surface area contributed by atoms with Crippen LogP contribution in [-0.4, -0.2) is 57.3 Å². The number of nitrogens with zero attached hydrogens (tertiary/aromatic N) is 3. The highest BCUT2D eigenvalue weighted by Crippen LogP contribution is 2.24. The standard InChI is InChI=1S/C22H29N3O3S2/c1-22(2,3)28-21(27)24-11-6-18(7-12-24)25(14-17-8-13-29-15-17)20(26)16-30-19-4-9-23-10-5-19/h4-5,8-10,13,15,18H,6-7,11-12,14,16H2,1-3H3. The van der Waals surface area contributed by atoms with Gasteiger partial charge in [-0.05, 0) is 68.1 Å². The molecule has 0 N–H and O–H groups in total. The highest BCUT2D eigenvalue weighted by molar-refractivity contribution is 8.00. The van der Waals surface area contributed by atoms with Gasteiger partial charge in [0.25, 0.3) is 0 Å². The average molecular weight is 448 g/mol. The second-order valence-electron chi connectivity index (χ2n) is 8.32. The van der Waals surface area contributed by atoms with Crippen LogP contribution in [-0.2, 0) is 16.1 Å². The van der Waals surface area contributed by atoms with E-state index in [4.69, 9.17) is 4.74 Å². The minimum Gasteiger partial charge on any atom is -0.444 e. The Morgan fingerprint density at radius 1 is 1.23 bits per heavy atom. The third-order valence-corrected chi connectivity index (χ3v) is 6.55. The topological polar surface area (TPSA) is 62.7 Å². The molecular weight excluding hydrogens is 418 g/mol. The van der Waals surface area contributed by atoms with Crippen LogP contribution >= 0.6 is 23.1 Å². The zero-order valence-electron chi connectivity index (χ0n) is 17.7. The van der Waals surface area contributed by atoms with Crippen molar-refractivity contribution in [3.8, 4) is 0 Å². The molecule has 1 aliphatic rings. The predicted octanol–water partition coefficient (Wildman–Crippen LogP) is 4.66. The van der Waals surface area contributed by atoms with E-state index in [-0.39, 0.29) is 18.0 Å². The van der Waals surface area contributed by atoms with Crippen LogP contribution in [0, 0.1) is 0 Å². The van der Waals surface area contributed by atoms with E-state index in [9.17, 15) is 9.59 Å². The Morgan fingerprint density at radius 2 is 1.93 bits per heavy atom. The molecule has 30 heavy (non-hydrogen) atoms. The fourth-order valence-corrected chi connectivity index (χ4v) is 4.78. The van der Waals surface area contributed by atoms with Crippen LogP contribution in [0.2, 0.25) is 0 Å². The van der Waals surface area contributed by atoms with Crippen molar-refractivity contribution in [2.24, 2.45) is 0 Å². The van der Waals surface area contributed by atoms with Gasteiger partial charge in [0.15, 0.2) is 0 Å². The summed E-state index contributed by atoms with van der Waals surface area (Å²) in [6.45, 7) is 7.43. The molecule has 0 aromatic carbocycles. The number of thiophene rings is 1. The molecule has 1 saturated heterocycles. The van der Waals surface area contributed by atoms with Crippen LogP contribution in [0.15, 0.2) is 46.2 Å².